The highest BCUT2D eigenvalue weighted by molar-refractivity contribution is 6.07. The number of benzene rings is 1. The van der Waals surface area contributed by atoms with Crippen molar-refractivity contribution in [1.82, 2.24) is 30.0 Å². The smallest absolute Gasteiger partial charge is 0.255 e. The number of aryl methyl sites for hydroxylation is 1. The van der Waals surface area contributed by atoms with Crippen LogP contribution >= 0.6 is 0 Å². The summed E-state index contributed by atoms with van der Waals surface area (Å²) in [6.07, 6.45) is 1.79. The molecule has 0 saturated carbocycles. The molecule has 0 aliphatic carbocycles. The van der Waals surface area contributed by atoms with E-state index in [2.05, 4.69) is 25.1 Å². The van der Waals surface area contributed by atoms with Crippen molar-refractivity contribution in [3.63, 3.8) is 0 Å². The van der Waals surface area contributed by atoms with Crippen molar-refractivity contribution in [3.8, 4) is 17.0 Å². The van der Waals surface area contributed by atoms with Gasteiger partial charge in [-0.05, 0) is 44.2 Å². The Morgan fingerprint density at radius 2 is 2.09 bits per heavy atom. The first kappa shape index (κ1) is 22.0. The zero-order valence-corrected chi connectivity index (χ0v) is 19.0. The molecule has 4 aromatic rings. The molecule has 174 valence electrons. The zero-order valence-electron chi connectivity index (χ0n) is 19.0. The van der Waals surface area contributed by atoms with E-state index in [1.165, 1.54) is 12.1 Å². The molecule has 1 atom stereocenters. The fourth-order valence-electron chi connectivity index (χ4n) is 4.55. The number of carbonyl (C=O) groups excluding carboxylic acids is 1. The van der Waals surface area contributed by atoms with Crippen molar-refractivity contribution in [2.24, 2.45) is 0 Å². The molecule has 0 radical (unpaired) electrons. The molecule has 1 aliphatic heterocycles. The van der Waals surface area contributed by atoms with E-state index >= 15 is 0 Å². The van der Waals surface area contributed by atoms with Crippen LogP contribution in [0.2, 0.25) is 0 Å². The number of halogens is 1. The van der Waals surface area contributed by atoms with Crippen LogP contribution in [-0.2, 0) is 6.54 Å². The summed E-state index contributed by atoms with van der Waals surface area (Å²) in [5.41, 5.74) is 3.00. The lowest BCUT2D eigenvalue weighted by molar-refractivity contribution is 0.0475. The SMILES string of the molecule is Cc1[nH]nc2nc(-c3ccc(O)cc3F)cc(C(=O)N3CCN(Cc4ccccn4)CC3C)c12. The predicted molar refractivity (Wildman–Crippen MR) is 126 cm³/mol. The van der Waals surface area contributed by atoms with Crippen LogP contribution < -0.4 is 0 Å². The molecule has 0 bridgehead atoms. The number of aromatic hydroxyl groups is 1. The Kier molecular flexibility index (Phi) is 5.70. The second-order valence-corrected chi connectivity index (χ2v) is 8.67. The number of fused-ring (bicyclic) bond motifs is 1. The molecule has 1 saturated heterocycles. The molecule has 4 heterocycles. The van der Waals surface area contributed by atoms with Gasteiger partial charge in [0.05, 0.1) is 22.3 Å². The zero-order chi connectivity index (χ0) is 23.8. The second kappa shape index (κ2) is 8.83. The molecule has 8 nitrogen and oxygen atoms in total. The van der Waals surface area contributed by atoms with Crippen molar-refractivity contribution < 1.29 is 14.3 Å². The minimum atomic E-state index is -0.617. The lowest BCUT2D eigenvalue weighted by Gasteiger charge is -2.40. The number of hydrogen-bond acceptors (Lipinski definition) is 6. The first-order valence-electron chi connectivity index (χ1n) is 11.2. The first-order valence-corrected chi connectivity index (χ1v) is 11.2. The molecular formula is C25H25FN6O2. The van der Waals surface area contributed by atoms with Gasteiger partial charge in [0.1, 0.15) is 11.6 Å². The number of hydrogen-bond donors (Lipinski definition) is 2. The van der Waals surface area contributed by atoms with Crippen molar-refractivity contribution in [3.05, 3.63) is 71.4 Å². The molecule has 0 spiro atoms. The number of phenolic OH excluding ortho intramolecular Hbond substituents is 1. The summed E-state index contributed by atoms with van der Waals surface area (Å²) in [4.78, 5) is 26.8. The fourth-order valence-corrected chi connectivity index (χ4v) is 4.55. The van der Waals surface area contributed by atoms with Crippen molar-refractivity contribution in [2.45, 2.75) is 26.4 Å². The number of phenols is 1. The van der Waals surface area contributed by atoms with E-state index < -0.39 is 5.82 Å². The van der Waals surface area contributed by atoms with Gasteiger partial charge in [0.2, 0.25) is 0 Å². The van der Waals surface area contributed by atoms with Gasteiger partial charge in [-0.1, -0.05) is 6.07 Å². The largest absolute Gasteiger partial charge is 0.508 e. The lowest BCUT2D eigenvalue weighted by atomic mass is 10.0. The number of nitrogens with zero attached hydrogens (tertiary/aromatic N) is 5. The molecule has 34 heavy (non-hydrogen) atoms. The Morgan fingerprint density at radius 3 is 2.82 bits per heavy atom. The number of aromatic nitrogens is 4. The van der Waals surface area contributed by atoms with Crippen molar-refractivity contribution >= 4 is 16.9 Å². The Morgan fingerprint density at radius 1 is 1.24 bits per heavy atom. The van der Waals surface area contributed by atoms with Gasteiger partial charge in [-0.25, -0.2) is 9.37 Å². The molecular weight excluding hydrogens is 435 g/mol. The molecule has 3 aromatic heterocycles. The number of aromatic amines is 1. The number of rotatable bonds is 4. The highest BCUT2D eigenvalue weighted by Crippen LogP contribution is 2.30. The summed E-state index contributed by atoms with van der Waals surface area (Å²) in [7, 11) is 0. The Hall–Kier alpha value is -3.85. The van der Waals surface area contributed by atoms with Crippen LogP contribution in [0, 0.1) is 12.7 Å². The van der Waals surface area contributed by atoms with E-state index in [1.54, 1.807) is 12.3 Å². The molecule has 1 aliphatic rings. The fraction of sp³-hybridized carbons (Fsp3) is 0.280. The van der Waals surface area contributed by atoms with Crippen LogP contribution in [0.4, 0.5) is 4.39 Å². The third kappa shape index (κ3) is 4.10. The summed E-state index contributed by atoms with van der Waals surface area (Å²) in [6.45, 7) is 6.62. The van der Waals surface area contributed by atoms with Gasteiger partial charge >= 0.3 is 0 Å². The molecule has 1 aromatic carbocycles. The summed E-state index contributed by atoms with van der Waals surface area (Å²) in [6, 6.07) is 11.3. The topological polar surface area (TPSA) is 98.2 Å². The lowest BCUT2D eigenvalue weighted by Crippen LogP contribution is -2.53. The van der Waals surface area contributed by atoms with Crippen LogP contribution in [0.15, 0.2) is 48.7 Å². The van der Waals surface area contributed by atoms with E-state index in [0.29, 0.717) is 28.8 Å². The number of nitrogens with one attached hydrogen (secondary N) is 1. The molecule has 5 rings (SSSR count). The highest BCUT2D eigenvalue weighted by atomic mass is 19.1. The number of H-pyrrole nitrogens is 1. The van der Waals surface area contributed by atoms with Gasteiger partial charge in [-0.15, -0.1) is 0 Å². The normalized spacial score (nSPS) is 16.8. The van der Waals surface area contributed by atoms with Gasteiger partial charge in [0.15, 0.2) is 5.65 Å². The summed E-state index contributed by atoms with van der Waals surface area (Å²) >= 11 is 0. The number of pyridine rings is 2. The van der Waals surface area contributed by atoms with Gasteiger partial charge in [-0.2, -0.15) is 5.10 Å². The molecule has 1 unspecified atom stereocenters. The second-order valence-electron chi connectivity index (χ2n) is 8.67. The average Bonchev–Trinajstić information content (AvgIpc) is 3.19. The quantitative estimate of drug-likeness (QED) is 0.484. The van der Waals surface area contributed by atoms with Gasteiger partial charge < -0.3 is 10.0 Å². The maximum atomic E-state index is 14.6. The minimum absolute atomic E-state index is 0.0192. The average molecular weight is 461 g/mol. The van der Waals surface area contributed by atoms with Crippen molar-refractivity contribution in [1.29, 1.82) is 0 Å². The minimum Gasteiger partial charge on any atom is -0.508 e. The number of amides is 1. The Balaban J connectivity index is 1.45. The molecule has 1 fully saturated rings. The Labute approximate surface area is 196 Å². The third-order valence-corrected chi connectivity index (χ3v) is 6.25. The van der Waals surface area contributed by atoms with E-state index in [-0.39, 0.29) is 23.3 Å². The van der Waals surface area contributed by atoms with E-state index in [0.717, 1.165) is 37.1 Å². The van der Waals surface area contributed by atoms with Crippen LogP contribution in [0.5, 0.6) is 5.75 Å². The molecule has 1 amide bonds. The van der Waals surface area contributed by atoms with Crippen LogP contribution in [0.25, 0.3) is 22.3 Å². The first-order chi connectivity index (χ1) is 16.4. The number of carbonyl (C=O) groups is 1. The maximum absolute atomic E-state index is 14.6. The van der Waals surface area contributed by atoms with Gasteiger partial charge in [0, 0.05) is 55.7 Å². The monoisotopic (exact) mass is 460 g/mol. The van der Waals surface area contributed by atoms with Crippen LogP contribution in [0.3, 0.4) is 0 Å². The van der Waals surface area contributed by atoms with Crippen LogP contribution in [-0.4, -0.2) is 66.7 Å². The van der Waals surface area contributed by atoms with Crippen LogP contribution in [0.1, 0.15) is 28.7 Å². The maximum Gasteiger partial charge on any atom is 0.255 e. The van der Waals surface area contributed by atoms with E-state index in [1.807, 2.05) is 36.9 Å². The number of piperazine rings is 1. The van der Waals surface area contributed by atoms with E-state index in [9.17, 15) is 14.3 Å². The summed E-state index contributed by atoms with van der Waals surface area (Å²) < 4.78 is 14.6. The van der Waals surface area contributed by atoms with Gasteiger partial charge in [-0.3, -0.25) is 19.8 Å². The summed E-state index contributed by atoms with van der Waals surface area (Å²) in [5.74, 6) is -0.928. The van der Waals surface area contributed by atoms with Gasteiger partial charge in [0.25, 0.3) is 5.91 Å². The standard InChI is InChI=1S/C25H25FN6O2/c1-15-13-31(14-17-5-3-4-8-27-17)9-10-32(15)25(34)20-12-22(19-7-6-18(33)11-21(19)26)28-24-23(20)16(2)29-30-24/h3-8,11-12,15,33H,9-10,13-14H2,1-2H3,(H,28,29,30). The summed E-state index contributed by atoms with van der Waals surface area (Å²) in [5, 5.41) is 17.3. The molecule has 2 N–H and O–H groups in total. The highest BCUT2D eigenvalue weighted by Gasteiger charge is 2.30. The Bertz CT molecular complexity index is 1360. The van der Waals surface area contributed by atoms with E-state index in [4.69, 9.17) is 0 Å². The predicted octanol–water partition coefficient (Wildman–Crippen LogP) is 3.52. The third-order valence-electron chi connectivity index (χ3n) is 6.25. The van der Waals surface area contributed by atoms with Crippen molar-refractivity contribution in [2.75, 3.05) is 19.6 Å². The molecule has 9 heteroatoms.